The Morgan fingerprint density at radius 1 is 1.41 bits per heavy atom. The van der Waals surface area contributed by atoms with Crippen LogP contribution in [-0.2, 0) is 0 Å². The fraction of sp³-hybridized carbons (Fsp3) is 0.500. The lowest BCUT2D eigenvalue weighted by molar-refractivity contribution is 0.562. The molecule has 0 aliphatic carbocycles. The Labute approximate surface area is 105 Å². The molecule has 2 N–H and O–H groups in total. The Kier molecular flexibility index (Phi) is 2.50. The van der Waals surface area contributed by atoms with Crippen molar-refractivity contribution < 1.29 is 0 Å². The zero-order valence-corrected chi connectivity index (χ0v) is 10.9. The number of aryl methyl sites for hydroxylation is 1. The highest BCUT2D eigenvalue weighted by molar-refractivity contribution is 7.99. The van der Waals surface area contributed by atoms with Crippen LogP contribution in [0.3, 0.4) is 0 Å². The predicted molar refractivity (Wildman–Crippen MR) is 72.4 cm³/mol. The van der Waals surface area contributed by atoms with Crippen LogP contribution in [0.25, 0.3) is 11.0 Å². The molecule has 90 valence electrons. The number of thioether (sulfide) groups is 1. The quantitative estimate of drug-likeness (QED) is 0.841. The lowest BCUT2D eigenvalue weighted by Gasteiger charge is -2.14. The van der Waals surface area contributed by atoms with E-state index in [9.17, 15) is 0 Å². The SMILES string of the molecule is Cc1c(C)n(C2CCSC2)c2ncnc(N)c12. The highest BCUT2D eigenvalue weighted by Crippen LogP contribution is 2.35. The van der Waals surface area contributed by atoms with E-state index < -0.39 is 0 Å². The van der Waals surface area contributed by atoms with Gasteiger partial charge in [0.05, 0.1) is 5.39 Å². The summed E-state index contributed by atoms with van der Waals surface area (Å²) < 4.78 is 2.35. The molecule has 2 aromatic heterocycles. The molecule has 4 nitrogen and oxygen atoms in total. The summed E-state index contributed by atoms with van der Waals surface area (Å²) in [6.45, 7) is 4.26. The average Bonchev–Trinajstić information content (AvgIpc) is 2.89. The molecule has 0 bridgehead atoms. The summed E-state index contributed by atoms with van der Waals surface area (Å²) in [5.41, 5.74) is 9.46. The van der Waals surface area contributed by atoms with Gasteiger partial charge in [-0.05, 0) is 31.6 Å². The van der Waals surface area contributed by atoms with Crippen LogP contribution < -0.4 is 5.73 Å². The number of aromatic nitrogens is 3. The molecule has 2 aromatic rings. The van der Waals surface area contributed by atoms with Gasteiger partial charge in [0.2, 0.25) is 0 Å². The van der Waals surface area contributed by atoms with Gasteiger partial charge < -0.3 is 10.3 Å². The van der Waals surface area contributed by atoms with Crippen molar-refractivity contribution in [1.29, 1.82) is 0 Å². The molecule has 1 unspecified atom stereocenters. The van der Waals surface area contributed by atoms with Gasteiger partial charge in [-0.1, -0.05) is 0 Å². The first-order valence-corrected chi connectivity index (χ1v) is 7.01. The van der Waals surface area contributed by atoms with E-state index in [0.717, 1.165) is 11.0 Å². The van der Waals surface area contributed by atoms with Gasteiger partial charge in [0.25, 0.3) is 0 Å². The minimum atomic E-state index is 0.561. The van der Waals surface area contributed by atoms with E-state index in [1.165, 1.54) is 29.2 Å². The predicted octanol–water partition coefficient (Wildman–Crippen LogP) is 2.31. The van der Waals surface area contributed by atoms with E-state index in [1.807, 2.05) is 11.8 Å². The Balaban J connectivity index is 2.30. The number of nitrogens with two attached hydrogens (primary N) is 1. The van der Waals surface area contributed by atoms with Crippen LogP contribution >= 0.6 is 11.8 Å². The standard InChI is InChI=1S/C12H16N4S/c1-7-8(2)16(9-3-4-17-5-9)12-10(7)11(13)14-6-15-12/h6,9H,3-5H2,1-2H3,(H2,13,14,15). The van der Waals surface area contributed by atoms with Crippen molar-refractivity contribution in [1.82, 2.24) is 14.5 Å². The van der Waals surface area contributed by atoms with Gasteiger partial charge in [-0.25, -0.2) is 9.97 Å². The Hall–Kier alpha value is -1.23. The maximum absolute atomic E-state index is 5.97. The highest BCUT2D eigenvalue weighted by Gasteiger charge is 2.24. The minimum Gasteiger partial charge on any atom is -0.383 e. The maximum Gasteiger partial charge on any atom is 0.146 e. The molecule has 0 spiro atoms. The summed E-state index contributed by atoms with van der Waals surface area (Å²) in [6, 6.07) is 0.561. The molecule has 0 aromatic carbocycles. The lowest BCUT2D eigenvalue weighted by Crippen LogP contribution is -2.10. The van der Waals surface area contributed by atoms with Crippen molar-refractivity contribution in [2.24, 2.45) is 0 Å². The number of anilines is 1. The van der Waals surface area contributed by atoms with Crippen molar-refractivity contribution in [2.75, 3.05) is 17.2 Å². The monoisotopic (exact) mass is 248 g/mol. The van der Waals surface area contributed by atoms with Crippen LogP contribution in [0, 0.1) is 13.8 Å². The smallest absolute Gasteiger partial charge is 0.146 e. The molecule has 0 radical (unpaired) electrons. The molecule has 3 rings (SSSR count). The summed E-state index contributed by atoms with van der Waals surface area (Å²) in [5.74, 6) is 3.01. The van der Waals surface area contributed by atoms with Crippen molar-refractivity contribution in [2.45, 2.75) is 26.3 Å². The van der Waals surface area contributed by atoms with Crippen LogP contribution in [0.15, 0.2) is 6.33 Å². The van der Waals surface area contributed by atoms with E-state index >= 15 is 0 Å². The second-order valence-corrected chi connectivity index (χ2v) is 5.71. The van der Waals surface area contributed by atoms with Crippen LogP contribution in [0.4, 0.5) is 5.82 Å². The topological polar surface area (TPSA) is 56.7 Å². The van der Waals surface area contributed by atoms with E-state index in [0.29, 0.717) is 11.9 Å². The Bertz CT molecular complexity index is 569. The van der Waals surface area contributed by atoms with Crippen LogP contribution in [0.1, 0.15) is 23.7 Å². The number of nitrogens with zero attached hydrogens (tertiary/aromatic N) is 3. The van der Waals surface area contributed by atoms with Gasteiger partial charge in [0.15, 0.2) is 0 Å². The molecular formula is C12H16N4S. The van der Waals surface area contributed by atoms with Crippen molar-refractivity contribution >= 4 is 28.6 Å². The van der Waals surface area contributed by atoms with Gasteiger partial charge in [-0.3, -0.25) is 0 Å². The van der Waals surface area contributed by atoms with Gasteiger partial charge in [-0.2, -0.15) is 11.8 Å². The second-order valence-electron chi connectivity index (χ2n) is 4.56. The van der Waals surface area contributed by atoms with Gasteiger partial charge in [0.1, 0.15) is 17.8 Å². The third-order valence-electron chi connectivity index (χ3n) is 3.63. The summed E-state index contributed by atoms with van der Waals surface area (Å²) in [4.78, 5) is 8.53. The molecule has 1 saturated heterocycles. The molecule has 1 aliphatic heterocycles. The van der Waals surface area contributed by atoms with Crippen LogP contribution in [-0.4, -0.2) is 26.0 Å². The summed E-state index contributed by atoms with van der Waals surface area (Å²) >= 11 is 2.01. The third-order valence-corrected chi connectivity index (χ3v) is 4.78. The third kappa shape index (κ3) is 1.52. The molecule has 1 fully saturated rings. The van der Waals surface area contributed by atoms with Crippen LogP contribution in [0.2, 0.25) is 0 Å². The van der Waals surface area contributed by atoms with E-state index in [4.69, 9.17) is 5.73 Å². The van der Waals surface area contributed by atoms with E-state index in [-0.39, 0.29) is 0 Å². The van der Waals surface area contributed by atoms with E-state index in [2.05, 4.69) is 28.4 Å². The number of nitrogen functional groups attached to an aromatic ring is 1. The molecule has 3 heterocycles. The normalized spacial score (nSPS) is 20.2. The zero-order chi connectivity index (χ0) is 12.0. The highest BCUT2D eigenvalue weighted by atomic mass is 32.2. The first-order valence-electron chi connectivity index (χ1n) is 5.85. The van der Waals surface area contributed by atoms with Gasteiger partial charge >= 0.3 is 0 Å². The first kappa shape index (κ1) is 10.9. The van der Waals surface area contributed by atoms with E-state index in [1.54, 1.807) is 6.33 Å². The average molecular weight is 248 g/mol. The fourth-order valence-corrected chi connectivity index (χ4v) is 3.82. The second kappa shape index (κ2) is 3.91. The fourth-order valence-electron chi connectivity index (χ4n) is 2.62. The van der Waals surface area contributed by atoms with Crippen molar-refractivity contribution in [3.05, 3.63) is 17.6 Å². The van der Waals surface area contributed by atoms with Gasteiger partial charge in [-0.15, -0.1) is 0 Å². The Morgan fingerprint density at radius 2 is 2.24 bits per heavy atom. The largest absolute Gasteiger partial charge is 0.383 e. The number of rotatable bonds is 1. The van der Waals surface area contributed by atoms with Crippen molar-refractivity contribution in [3.63, 3.8) is 0 Å². The summed E-state index contributed by atoms with van der Waals surface area (Å²) in [5, 5.41) is 1.03. The zero-order valence-electron chi connectivity index (χ0n) is 10.1. The number of hydrogen-bond donors (Lipinski definition) is 1. The summed E-state index contributed by atoms with van der Waals surface area (Å²) in [7, 11) is 0. The van der Waals surface area contributed by atoms with Gasteiger partial charge in [0, 0.05) is 17.5 Å². The molecule has 0 saturated carbocycles. The maximum atomic E-state index is 5.97. The molecule has 0 amide bonds. The van der Waals surface area contributed by atoms with Crippen molar-refractivity contribution in [3.8, 4) is 0 Å². The molecule has 1 aliphatic rings. The lowest BCUT2D eigenvalue weighted by atomic mass is 10.2. The molecule has 5 heteroatoms. The first-order chi connectivity index (χ1) is 8.20. The molecule has 17 heavy (non-hydrogen) atoms. The minimum absolute atomic E-state index is 0.561. The number of fused-ring (bicyclic) bond motifs is 1. The Morgan fingerprint density at radius 3 is 2.94 bits per heavy atom. The summed E-state index contributed by atoms with van der Waals surface area (Å²) in [6.07, 6.45) is 2.79. The molecular weight excluding hydrogens is 232 g/mol. The van der Waals surface area contributed by atoms with Crippen LogP contribution in [0.5, 0.6) is 0 Å². The number of hydrogen-bond acceptors (Lipinski definition) is 4. The molecule has 1 atom stereocenters.